The molecule has 0 spiro atoms. The van der Waals surface area contributed by atoms with Crippen LogP contribution in [0.5, 0.6) is 0 Å². The Morgan fingerprint density at radius 2 is 1.90 bits per heavy atom. The van der Waals surface area contributed by atoms with Crippen LogP contribution in [0.15, 0.2) is 59.6 Å². The molecule has 1 amide bonds. The van der Waals surface area contributed by atoms with E-state index in [4.69, 9.17) is 17.3 Å². The van der Waals surface area contributed by atoms with Crippen molar-refractivity contribution in [3.8, 4) is 0 Å². The van der Waals surface area contributed by atoms with Crippen LogP contribution in [0.2, 0.25) is 0 Å². The van der Waals surface area contributed by atoms with E-state index in [0.29, 0.717) is 11.4 Å². The third-order valence-corrected chi connectivity index (χ3v) is 6.15. The Balaban J connectivity index is 1.68. The summed E-state index contributed by atoms with van der Waals surface area (Å²) in [6, 6.07) is 14.0. The number of hydrogen-bond acceptors (Lipinski definition) is 6. The molecule has 3 aromatic rings. The minimum Gasteiger partial charge on any atom is -0.480 e. The van der Waals surface area contributed by atoms with Gasteiger partial charge in [-0.05, 0) is 17.7 Å². The molecule has 1 aliphatic heterocycles. The van der Waals surface area contributed by atoms with Crippen LogP contribution in [0.25, 0.3) is 17.0 Å². The number of carbonyl (C=O) groups is 2. The van der Waals surface area contributed by atoms with Gasteiger partial charge in [-0.1, -0.05) is 54.3 Å². The highest BCUT2D eigenvalue weighted by atomic mass is 32.2. The molecule has 0 radical (unpaired) electrons. The molecule has 1 saturated heterocycles. The molecular formula is C21H15N3O5S2. The maximum atomic E-state index is 12.6. The standard InChI is InChI=1S/C21H15N3O5S2/c25-19(26)12-23-20(27)18(31-21(23)30)9-14-11-22(17-4-2-1-3-16(14)17)10-13-5-7-15(8-6-13)24(28)29/h1-9,11H,10,12H2,(H,25,26). The SMILES string of the molecule is O=C(O)CN1C(=O)C(=Cc2cn(Cc3ccc([N+](=O)[O-])cc3)c3ccccc23)SC1=S. The minimum absolute atomic E-state index is 0.0326. The second-order valence-corrected chi connectivity index (χ2v) is 8.49. The Labute approximate surface area is 185 Å². The van der Waals surface area contributed by atoms with Crippen LogP contribution in [-0.4, -0.2) is 42.2 Å². The monoisotopic (exact) mass is 453 g/mol. The molecule has 1 aliphatic rings. The van der Waals surface area contributed by atoms with Crippen LogP contribution in [0.3, 0.4) is 0 Å². The number of fused-ring (bicyclic) bond motifs is 1. The average molecular weight is 454 g/mol. The van der Waals surface area contributed by atoms with Crippen molar-refractivity contribution in [3.05, 3.63) is 80.9 Å². The number of benzene rings is 2. The maximum absolute atomic E-state index is 12.6. The molecule has 2 aromatic carbocycles. The van der Waals surface area contributed by atoms with E-state index in [9.17, 15) is 19.7 Å². The first-order valence-electron chi connectivity index (χ1n) is 9.12. The third-order valence-electron chi connectivity index (χ3n) is 4.77. The molecule has 0 bridgehead atoms. The van der Waals surface area contributed by atoms with Crippen LogP contribution in [0.1, 0.15) is 11.1 Å². The second kappa shape index (κ2) is 8.32. The van der Waals surface area contributed by atoms with Crippen LogP contribution in [0.4, 0.5) is 5.69 Å². The molecule has 2 heterocycles. The summed E-state index contributed by atoms with van der Waals surface area (Å²) in [4.78, 5) is 35.5. The Bertz CT molecular complexity index is 1260. The highest BCUT2D eigenvalue weighted by Crippen LogP contribution is 2.34. The number of carboxylic acid groups (broad SMARTS) is 1. The number of amides is 1. The first-order valence-corrected chi connectivity index (χ1v) is 10.3. The smallest absolute Gasteiger partial charge is 0.323 e. The number of aromatic nitrogens is 1. The molecule has 10 heteroatoms. The number of nitro groups is 1. The van der Waals surface area contributed by atoms with Crippen molar-refractivity contribution >= 4 is 62.8 Å². The number of nitro benzene ring substituents is 1. The molecule has 0 atom stereocenters. The summed E-state index contributed by atoms with van der Waals surface area (Å²) in [6.45, 7) is 0.0240. The first-order chi connectivity index (χ1) is 14.8. The molecule has 8 nitrogen and oxygen atoms in total. The lowest BCUT2D eigenvalue weighted by molar-refractivity contribution is -0.384. The number of non-ortho nitro benzene ring substituents is 1. The van der Waals surface area contributed by atoms with E-state index in [0.717, 1.165) is 38.7 Å². The van der Waals surface area contributed by atoms with Gasteiger partial charge in [0.1, 0.15) is 10.9 Å². The van der Waals surface area contributed by atoms with Gasteiger partial charge in [0.25, 0.3) is 11.6 Å². The number of hydrogen-bond donors (Lipinski definition) is 1. The van der Waals surface area contributed by atoms with Crippen LogP contribution in [-0.2, 0) is 16.1 Å². The fourth-order valence-corrected chi connectivity index (χ4v) is 4.60. The van der Waals surface area contributed by atoms with Crippen molar-refractivity contribution in [2.24, 2.45) is 0 Å². The lowest BCUT2D eigenvalue weighted by Gasteiger charge is -2.10. The van der Waals surface area contributed by atoms with Crippen molar-refractivity contribution in [1.82, 2.24) is 9.47 Å². The summed E-state index contributed by atoms with van der Waals surface area (Å²) in [7, 11) is 0. The summed E-state index contributed by atoms with van der Waals surface area (Å²) in [6.07, 6.45) is 3.62. The predicted octanol–water partition coefficient (Wildman–Crippen LogP) is 3.88. The normalized spacial score (nSPS) is 15.2. The quantitative estimate of drug-likeness (QED) is 0.261. The number of para-hydroxylation sites is 1. The van der Waals surface area contributed by atoms with Gasteiger partial charge in [0, 0.05) is 41.3 Å². The zero-order chi connectivity index (χ0) is 22.1. The zero-order valence-electron chi connectivity index (χ0n) is 15.9. The molecule has 1 N–H and O–H groups in total. The van der Waals surface area contributed by atoms with E-state index in [-0.39, 0.29) is 10.0 Å². The third kappa shape index (κ3) is 4.21. The number of thiocarbonyl (C=S) groups is 1. The van der Waals surface area contributed by atoms with E-state index >= 15 is 0 Å². The van der Waals surface area contributed by atoms with Gasteiger partial charge >= 0.3 is 5.97 Å². The van der Waals surface area contributed by atoms with E-state index < -0.39 is 23.3 Å². The van der Waals surface area contributed by atoms with Crippen molar-refractivity contribution in [2.75, 3.05) is 6.54 Å². The summed E-state index contributed by atoms with van der Waals surface area (Å²) in [5.41, 5.74) is 2.66. The van der Waals surface area contributed by atoms with Crippen molar-refractivity contribution in [2.45, 2.75) is 6.54 Å². The maximum Gasteiger partial charge on any atom is 0.323 e. The van der Waals surface area contributed by atoms with Crippen LogP contribution < -0.4 is 0 Å². The van der Waals surface area contributed by atoms with E-state index in [2.05, 4.69) is 0 Å². The molecule has 1 aromatic heterocycles. The molecule has 0 aliphatic carbocycles. The lowest BCUT2D eigenvalue weighted by atomic mass is 10.1. The van der Waals surface area contributed by atoms with Gasteiger partial charge in [-0.2, -0.15) is 0 Å². The van der Waals surface area contributed by atoms with Gasteiger partial charge in [-0.3, -0.25) is 24.6 Å². The fraction of sp³-hybridized carbons (Fsp3) is 0.0952. The lowest BCUT2D eigenvalue weighted by Crippen LogP contribution is -2.33. The van der Waals surface area contributed by atoms with Gasteiger partial charge in [0.2, 0.25) is 0 Å². The van der Waals surface area contributed by atoms with Gasteiger partial charge in [0.15, 0.2) is 0 Å². The molecule has 0 saturated carbocycles. The Kier molecular flexibility index (Phi) is 5.57. The van der Waals surface area contributed by atoms with Crippen molar-refractivity contribution in [1.29, 1.82) is 0 Å². The van der Waals surface area contributed by atoms with Crippen LogP contribution >= 0.6 is 24.0 Å². The number of rotatable bonds is 6. The number of carbonyl (C=O) groups excluding carboxylic acids is 1. The molecule has 4 rings (SSSR count). The predicted molar refractivity (Wildman–Crippen MR) is 122 cm³/mol. The second-order valence-electron chi connectivity index (χ2n) is 6.81. The fourth-order valence-electron chi connectivity index (χ4n) is 3.35. The first kappa shape index (κ1) is 20.8. The number of aliphatic carboxylic acids is 1. The van der Waals surface area contributed by atoms with E-state index in [1.165, 1.54) is 12.1 Å². The highest BCUT2D eigenvalue weighted by molar-refractivity contribution is 8.26. The van der Waals surface area contributed by atoms with Gasteiger partial charge < -0.3 is 9.67 Å². The number of carboxylic acids is 1. The number of nitrogens with zero attached hydrogens (tertiary/aromatic N) is 3. The summed E-state index contributed by atoms with van der Waals surface area (Å²) < 4.78 is 2.22. The van der Waals surface area contributed by atoms with Gasteiger partial charge in [-0.25, -0.2) is 0 Å². The molecule has 1 fully saturated rings. The minimum atomic E-state index is -1.13. The number of thioether (sulfide) groups is 1. The molecule has 31 heavy (non-hydrogen) atoms. The zero-order valence-corrected chi connectivity index (χ0v) is 17.6. The molecule has 0 unspecified atom stereocenters. The molecule has 156 valence electrons. The van der Waals surface area contributed by atoms with Crippen molar-refractivity contribution < 1.29 is 19.6 Å². The Hall–Kier alpha value is -3.50. The topological polar surface area (TPSA) is 106 Å². The Morgan fingerprint density at radius 1 is 1.19 bits per heavy atom. The molecular weight excluding hydrogens is 438 g/mol. The van der Waals surface area contributed by atoms with Crippen molar-refractivity contribution in [3.63, 3.8) is 0 Å². The summed E-state index contributed by atoms with van der Waals surface area (Å²) >= 11 is 6.23. The van der Waals surface area contributed by atoms with E-state index in [1.807, 2.05) is 35.0 Å². The highest BCUT2D eigenvalue weighted by Gasteiger charge is 2.33. The Morgan fingerprint density at radius 3 is 2.58 bits per heavy atom. The van der Waals surface area contributed by atoms with Gasteiger partial charge in [-0.15, -0.1) is 0 Å². The largest absolute Gasteiger partial charge is 0.480 e. The summed E-state index contributed by atoms with van der Waals surface area (Å²) in [5, 5.41) is 20.8. The van der Waals surface area contributed by atoms with E-state index in [1.54, 1.807) is 18.2 Å². The van der Waals surface area contributed by atoms with Crippen LogP contribution in [0, 0.1) is 10.1 Å². The van der Waals surface area contributed by atoms with Gasteiger partial charge in [0.05, 0.1) is 9.83 Å². The average Bonchev–Trinajstić information content (AvgIpc) is 3.20. The summed E-state index contributed by atoms with van der Waals surface area (Å²) in [5.74, 6) is -1.55.